The number of ether oxygens (including phenoxy) is 1. The first-order chi connectivity index (χ1) is 11.4. The molecule has 0 radical (unpaired) electrons. The lowest BCUT2D eigenvalue weighted by Crippen LogP contribution is -2.36. The van der Waals surface area contributed by atoms with E-state index in [1.165, 1.54) is 7.11 Å². The predicted molar refractivity (Wildman–Crippen MR) is 100 cm³/mol. The molecule has 2 heterocycles. The fourth-order valence-electron chi connectivity index (χ4n) is 1.82. The van der Waals surface area contributed by atoms with E-state index >= 15 is 0 Å². The molecule has 0 saturated heterocycles. The summed E-state index contributed by atoms with van der Waals surface area (Å²) in [5.74, 6) is 0.930. The summed E-state index contributed by atoms with van der Waals surface area (Å²) in [7, 11) is 3.10. The Morgan fingerprint density at radius 3 is 2.64 bits per heavy atom. The van der Waals surface area contributed by atoms with Gasteiger partial charge in [-0.15, -0.1) is 35.3 Å². The molecule has 2 N–H and O–H groups in total. The minimum atomic E-state index is -4.43. The van der Waals surface area contributed by atoms with Crippen molar-refractivity contribution >= 4 is 41.3 Å². The highest BCUT2D eigenvalue weighted by atomic mass is 127. The van der Waals surface area contributed by atoms with Crippen molar-refractivity contribution in [3.63, 3.8) is 0 Å². The number of halogens is 4. The second kappa shape index (κ2) is 9.75. The second-order valence-corrected chi connectivity index (χ2v) is 5.52. The van der Waals surface area contributed by atoms with Gasteiger partial charge in [-0.2, -0.15) is 13.2 Å². The number of aliphatic imine (C=N–C) groups is 1. The van der Waals surface area contributed by atoms with E-state index in [0.717, 1.165) is 22.3 Å². The predicted octanol–water partition coefficient (Wildman–Crippen LogP) is 3.05. The van der Waals surface area contributed by atoms with Crippen LogP contribution in [-0.4, -0.2) is 30.1 Å². The van der Waals surface area contributed by atoms with Gasteiger partial charge in [-0.3, -0.25) is 4.99 Å². The van der Waals surface area contributed by atoms with Gasteiger partial charge in [-0.1, -0.05) is 6.07 Å². The number of thiazole rings is 1. The Morgan fingerprint density at radius 1 is 1.32 bits per heavy atom. The van der Waals surface area contributed by atoms with Crippen LogP contribution in [0.3, 0.4) is 0 Å². The van der Waals surface area contributed by atoms with Gasteiger partial charge < -0.3 is 15.4 Å². The Kier molecular flexibility index (Phi) is 8.35. The van der Waals surface area contributed by atoms with Gasteiger partial charge in [0.25, 0.3) is 0 Å². The number of guanidine groups is 1. The molecule has 0 aliphatic carbocycles. The summed E-state index contributed by atoms with van der Waals surface area (Å²) in [5, 5.41) is 7.27. The van der Waals surface area contributed by atoms with Crippen LogP contribution in [0.4, 0.5) is 13.2 Å². The third-order valence-corrected chi connectivity index (χ3v) is 3.81. The summed E-state index contributed by atoms with van der Waals surface area (Å²) < 4.78 is 42.7. The molecule has 2 aromatic rings. The van der Waals surface area contributed by atoms with Crippen LogP contribution in [0.15, 0.2) is 28.7 Å². The van der Waals surface area contributed by atoms with Gasteiger partial charge in [0, 0.05) is 30.7 Å². The van der Waals surface area contributed by atoms with E-state index < -0.39 is 11.9 Å². The van der Waals surface area contributed by atoms with Gasteiger partial charge in [-0.05, 0) is 6.07 Å². The van der Waals surface area contributed by atoms with Gasteiger partial charge >= 0.3 is 6.18 Å². The van der Waals surface area contributed by atoms with E-state index in [4.69, 9.17) is 4.74 Å². The van der Waals surface area contributed by atoms with E-state index in [1.807, 2.05) is 6.07 Å². The SMILES string of the molecule is CN=C(NCc1nc(C(F)(F)F)cs1)NCc1cccnc1OC.I. The zero-order chi connectivity index (χ0) is 17.6. The minimum absolute atomic E-state index is 0. The van der Waals surface area contributed by atoms with E-state index in [9.17, 15) is 13.2 Å². The second-order valence-electron chi connectivity index (χ2n) is 4.58. The van der Waals surface area contributed by atoms with Crippen molar-refractivity contribution in [2.45, 2.75) is 19.3 Å². The molecule has 0 aliphatic heterocycles. The summed E-state index contributed by atoms with van der Waals surface area (Å²) in [6.45, 7) is 0.549. The molecular weight excluding hydrogens is 470 g/mol. The standard InChI is InChI=1S/C14H16F3N5OS.HI/c1-18-13(20-6-9-4-3-5-19-12(9)23-2)21-7-11-22-10(8-24-11)14(15,16)17;/h3-5,8H,6-7H2,1-2H3,(H2,18,20,21);1H. The summed E-state index contributed by atoms with van der Waals surface area (Å²) in [5.41, 5.74) is -0.0519. The van der Waals surface area contributed by atoms with Crippen LogP contribution in [0.1, 0.15) is 16.3 Å². The fraction of sp³-hybridized carbons (Fsp3) is 0.357. The molecule has 0 saturated carbocycles. The maximum Gasteiger partial charge on any atom is 0.434 e. The lowest BCUT2D eigenvalue weighted by molar-refractivity contribution is -0.140. The zero-order valence-corrected chi connectivity index (χ0v) is 16.6. The molecule has 11 heteroatoms. The monoisotopic (exact) mass is 487 g/mol. The average molecular weight is 487 g/mol. The number of nitrogens with zero attached hydrogens (tertiary/aromatic N) is 3. The minimum Gasteiger partial charge on any atom is -0.481 e. The molecule has 6 nitrogen and oxygen atoms in total. The Morgan fingerprint density at radius 2 is 2.04 bits per heavy atom. The lowest BCUT2D eigenvalue weighted by atomic mass is 10.3. The maximum absolute atomic E-state index is 12.5. The molecule has 25 heavy (non-hydrogen) atoms. The molecule has 2 rings (SSSR count). The van der Waals surface area contributed by atoms with Gasteiger partial charge in [0.1, 0.15) is 5.01 Å². The van der Waals surface area contributed by atoms with Crippen molar-refractivity contribution < 1.29 is 17.9 Å². The lowest BCUT2D eigenvalue weighted by Gasteiger charge is -2.12. The third kappa shape index (κ3) is 6.30. The van der Waals surface area contributed by atoms with Crippen molar-refractivity contribution in [2.24, 2.45) is 4.99 Å². The number of nitrogens with one attached hydrogen (secondary N) is 2. The Labute approximate surface area is 164 Å². The van der Waals surface area contributed by atoms with Crippen LogP contribution in [0, 0.1) is 0 Å². The number of pyridine rings is 1. The van der Waals surface area contributed by atoms with Crippen LogP contribution < -0.4 is 15.4 Å². The van der Waals surface area contributed by atoms with E-state index in [2.05, 4.69) is 25.6 Å². The van der Waals surface area contributed by atoms with Crippen molar-refractivity contribution in [2.75, 3.05) is 14.2 Å². The summed E-state index contributed by atoms with van der Waals surface area (Å²) >= 11 is 0.943. The molecule has 0 amide bonds. The smallest absolute Gasteiger partial charge is 0.434 e. The molecule has 0 fully saturated rings. The van der Waals surface area contributed by atoms with Crippen LogP contribution in [0.5, 0.6) is 5.88 Å². The van der Waals surface area contributed by atoms with Gasteiger partial charge in [-0.25, -0.2) is 9.97 Å². The number of hydrogen-bond donors (Lipinski definition) is 2. The van der Waals surface area contributed by atoms with Crippen molar-refractivity contribution in [3.05, 3.63) is 40.0 Å². The van der Waals surface area contributed by atoms with Crippen molar-refractivity contribution in [3.8, 4) is 5.88 Å². The molecule has 2 aromatic heterocycles. The summed E-state index contributed by atoms with van der Waals surface area (Å²) in [4.78, 5) is 11.7. The van der Waals surface area contributed by atoms with E-state index in [0.29, 0.717) is 23.4 Å². The number of methoxy groups -OCH3 is 1. The highest BCUT2D eigenvalue weighted by molar-refractivity contribution is 14.0. The van der Waals surface area contributed by atoms with E-state index in [-0.39, 0.29) is 30.5 Å². The van der Waals surface area contributed by atoms with Crippen LogP contribution in [0.2, 0.25) is 0 Å². The molecule has 0 spiro atoms. The van der Waals surface area contributed by atoms with Crippen molar-refractivity contribution in [1.82, 2.24) is 20.6 Å². The van der Waals surface area contributed by atoms with Gasteiger partial charge in [0.2, 0.25) is 5.88 Å². The van der Waals surface area contributed by atoms with Crippen LogP contribution >= 0.6 is 35.3 Å². The molecule has 0 atom stereocenters. The molecule has 0 unspecified atom stereocenters. The largest absolute Gasteiger partial charge is 0.481 e. The highest BCUT2D eigenvalue weighted by Crippen LogP contribution is 2.29. The molecule has 0 aromatic carbocycles. The molecule has 138 valence electrons. The van der Waals surface area contributed by atoms with E-state index in [1.54, 1.807) is 19.3 Å². The Bertz CT molecular complexity index is 708. The maximum atomic E-state index is 12.5. The van der Waals surface area contributed by atoms with Crippen LogP contribution in [-0.2, 0) is 19.3 Å². The Hall–Kier alpha value is -1.63. The van der Waals surface area contributed by atoms with Crippen molar-refractivity contribution in [1.29, 1.82) is 0 Å². The molecule has 0 bridgehead atoms. The zero-order valence-electron chi connectivity index (χ0n) is 13.4. The quantitative estimate of drug-likeness (QED) is 0.386. The number of rotatable bonds is 5. The van der Waals surface area contributed by atoms with Gasteiger partial charge in [0.05, 0.1) is 13.7 Å². The third-order valence-electron chi connectivity index (χ3n) is 2.96. The van der Waals surface area contributed by atoms with Gasteiger partial charge in [0.15, 0.2) is 11.7 Å². The first kappa shape index (κ1) is 21.4. The first-order valence-corrected chi connectivity index (χ1v) is 7.76. The number of alkyl halides is 3. The molecule has 0 aliphatic rings. The normalized spacial score (nSPS) is 11.6. The van der Waals surface area contributed by atoms with Crippen LogP contribution in [0.25, 0.3) is 0 Å². The summed E-state index contributed by atoms with van der Waals surface area (Å²) in [6, 6.07) is 3.63. The topological polar surface area (TPSA) is 71.4 Å². The fourth-order valence-corrected chi connectivity index (χ4v) is 2.56. The highest BCUT2D eigenvalue weighted by Gasteiger charge is 2.33. The number of aromatic nitrogens is 2. The number of hydrogen-bond acceptors (Lipinski definition) is 5. The summed E-state index contributed by atoms with van der Waals surface area (Å²) in [6.07, 6.45) is -2.80. The average Bonchev–Trinajstić information content (AvgIpc) is 3.04. The first-order valence-electron chi connectivity index (χ1n) is 6.88. The molecular formula is C14H17F3IN5OS. The Balaban J connectivity index is 0.00000312.